The van der Waals surface area contributed by atoms with Gasteiger partial charge in [0.15, 0.2) is 0 Å². The molecule has 0 bridgehead atoms. The van der Waals surface area contributed by atoms with Gasteiger partial charge in [-0.05, 0) is 44.2 Å². The van der Waals surface area contributed by atoms with Gasteiger partial charge in [-0.25, -0.2) is 4.39 Å². The highest BCUT2D eigenvalue weighted by Gasteiger charge is 2.17. The predicted octanol–water partition coefficient (Wildman–Crippen LogP) is 2.12. The average molecular weight is 264 g/mol. The van der Waals surface area contributed by atoms with E-state index in [0.717, 1.165) is 5.56 Å². The third-order valence-corrected chi connectivity index (χ3v) is 3.20. The first kappa shape index (κ1) is 13.7. The molecule has 1 aromatic carbocycles. The third kappa shape index (κ3) is 2.83. The van der Waals surface area contributed by atoms with Crippen LogP contribution in [-0.4, -0.2) is 26.1 Å². The van der Waals surface area contributed by atoms with Crippen molar-refractivity contribution < 1.29 is 14.6 Å². The third-order valence-electron chi connectivity index (χ3n) is 3.20. The van der Waals surface area contributed by atoms with Gasteiger partial charge in [0.2, 0.25) is 0 Å². The van der Waals surface area contributed by atoms with Crippen molar-refractivity contribution in [2.24, 2.45) is 0 Å². The minimum Gasteiger partial charge on any atom is -0.391 e. The zero-order valence-electron chi connectivity index (χ0n) is 10.9. The fourth-order valence-corrected chi connectivity index (χ4v) is 1.87. The van der Waals surface area contributed by atoms with Crippen molar-refractivity contribution in [3.05, 3.63) is 41.8 Å². The van der Waals surface area contributed by atoms with Crippen LogP contribution in [0.1, 0.15) is 25.6 Å². The standard InChI is InChI=1S/C14H17FN2O2/c1-9(10(2)19)17-13(8-18)7-14(16-17)11-3-5-12(15)6-4-11/h3-7,9-10,18-19H,8H2,1-2H3. The summed E-state index contributed by atoms with van der Waals surface area (Å²) in [7, 11) is 0. The van der Waals surface area contributed by atoms with E-state index in [4.69, 9.17) is 0 Å². The maximum Gasteiger partial charge on any atom is 0.123 e. The Hall–Kier alpha value is -1.72. The topological polar surface area (TPSA) is 58.3 Å². The van der Waals surface area contributed by atoms with Crippen LogP contribution in [0, 0.1) is 5.82 Å². The fraction of sp³-hybridized carbons (Fsp3) is 0.357. The van der Waals surface area contributed by atoms with E-state index in [1.807, 2.05) is 6.92 Å². The van der Waals surface area contributed by atoms with Gasteiger partial charge in [0.1, 0.15) is 5.82 Å². The Bertz CT molecular complexity index is 549. The van der Waals surface area contributed by atoms with Crippen LogP contribution in [0.4, 0.5) is 4.39 Å². The number of rotatable bonds is 4. The molecule has 0 saturated heterocycles. The number of benzene rings is 1. The van der Waals surface area contributed by atoms with Gasteiger partial charge in [0, 0.05) is 5.56 Å². The van der Waals surface area contributed by atoms with Gasteiger partial charge < -0.3 is 10.2 Å². The minimum absolute atomic E-state index is 0.161. The number of halogens is 1. The van der Waals surface area contributed by atoms with Crippen LogP contribution in [0.15, 0.2) is 30.3 Å². The van der Waals surface area contributed by atoms with Gasteiger partial charge in [-0.1, -0.05) is 0 Å². The van der Waals surface area contributed by atoms with Crippen LogP contribution in [-0.2, 0) is 6.61 Å². The normalized spacial score (nSPS) is 14.4. The molecule has 19 heavy (non-hydrogen) atoms. The monoisotopic (exact) mass is 264 g/mol. The lowest BCUT2D eigenvalue weighted by atomic mass is 10.1. The number of aliphatic hydroxyl groups is 2. The summed E-state index contributed by atoms with van der Waals surface area (Å²) < 4.78 is 14.5. The lowest BCUT2D eigenvalue weighted by Gasteiger charge is -2.17. The minimum atomic E-state index is -0.578. The van der Waals surface area contributed by atoms with Crippen LogP contribution in [0.5, 0.6) is 0 Å². The molecule has 0 fully saturated rings. The van der Waals surface area contributed by atoms with Gasteiger partial charge in [0.25, 0.3) is 0 Å². The largest absolute Gasteiger partial charge is 0.391 e. The number of nitrogens with zero attached hydrogens (tertiary/aromatic N) is 2. The Kier molecular flexibility index (Phi) is 3.97. The number of aliphatic hydroxyl groups excluding tert-OH is 2. The highest BCUT2D eigenvalue weighted by molar-refractivity contribution is 5.59. The second kappa shape index (κ2) is 5.50. The fourth-order valence-electron chi connectivity index (χ4n) is 1.87. The van der Waals surface area contributed by atoms with Crippen molar-refractivity contribution in [2.45, 2.75) is 32.6 Å². The van der Waals surface area contributed by atoms with Crippen LogP contribution < -0.4 is 0 Å². The van der Waals surface area contributed by atoms with Gasteiger partial charge in [-0.3, -0.25) is 4.68 Å². The summed E-state index contributed by atoms with van der Waals surface area (Å²) >= 11 is 0. The van der Waals surface area contributed by atoms with Crippen LogP contribution in [0.25, 0.3) is 11.3 Å². The highest BCUT2D eigenvalue weighted by atomic mass is 19.1. The van der Waals surface area contributed by atoms with Crippen LogP contribution in [0.3, 0.4) is 0 Å². The van der Waals surface area contributed by atoms with Gasteiger partial charge in [0.05, 0.1) is 30.1 Å². The average Bonchev–Trinajstić information content (AvgIpc) is 2.82. The zero-order valence-corrected chi connectivity index (χ0v) is 10.9. The molecule has 0 aliphatic carbocycles. The Morgan fingerprint density at radius 2 is 1.89 bits per heavy atom. The maximum absolute atomic E-state index is 12.9. The summed E-state index contributed by atoms with van der Waals surface area (Å²) in [6.45, 7) is 3.33. The molecule has 0 aliphatic heterocycles. The number of hydrogen-bond acceptors (Lipinski definition) is 3. The van der Waals surface area contributed by atoms with E-state index >= 15 is 0 Å². The van der Waals surface area contributed by atoms with E-state index in [0.29, 0.717) is 11.4 Å². The first-order chi connectivity index (χ1) is 9.02. The van der Waals surface area contributed by atoms with Crippen molar-refractivity contribution >= 4 is 0 Å². The molecule has 102 valence electrons. The first-order valence-corrected chi connectivity index (χ1v) is 6.16. The Balaban J connectivity index is 2.41. The second-order valence-electron chi connectivity index (χ2n) is 4.61. The quantitative estimate of drug-likeness (QED) is 0.889. The van der Waals surface area contributed by atoms with E-state index in [1.165, 1.54) is 12.1 Å². The molecule has 2 atom stereocenters. The molecule has 2 unspecified atom stereocenters. The summed E-state index contributed by atoms with van der Waals surface area (Å²) in [5, 5.41) is 23.3. The van der Waals surface area contributed by atoms with E-state index in [1.54, 1.807) is 29.8 Å². The number of aromatic nitrogens is 2. The zero-order chi connectivity index (χ0) is 14.0. The molecule has 0 aliphatic rings. The SMILES string of the molecule is CC(O)C(C)n1nc(-c2ccc(F)cc2)cc1CO. The lowest BCUT2D eigenvalue weighted by molar-refractivity contribution is 0.127. The van der Waals surface area contributed by atoms with Crippen molar-refractivity contribution in [3.63, 3.8) is 0 Å². The van der Waals surface area contributed by atoms with Crippen molar-refractivity contribution in [1.29, 1.82) is 0 Å². The van der Waals surface area contributed by atoms with E-state index < -0.39 is 6.10 Å². The second-order valence-corrected chi connectivity index (χ2v) is 4.61. The summed E-state index contributed by atoms with van der Waals surface area (Å²) in [6, 6.07) is 7.51. The van der Waals surface area contributed by atoms with Crippen molar-refractivity contribution in [1.82, 2.24) is 9.78 Å². The van der Waals surface area contributed by atoms with Crippen molar-refractivity contribution in [3.8, 4) is 11.3 Å². The van der Waals surface area contributed by atoms with Crippen LogP contribution in [0.2, 0.25) is 0 Å². The van der Waals surface area contributed by atoms with E-state index in [9.17, 15) is 14.6 Å². The Labute approximate surface area is 111 Å². The summed E-state index contributed by atoms with van der Waals surface area (Å²) in [4.78, 5) is 0. The maximum atomic E-state index is 12.9. The molecule has 0 saturated carbocycles. The van der Waals surface area contributed by atoms with E-state index in [2.05, 4.69) is 5.10 Å². The van der Waals surface area contributed by atoms with Gasteiger partial charge in [-0.2, -0.15) is 5.10 Å². The van der Waals surface area contributed by atoms with Crippen LogP contribution >= 0.6 is 0 Å². The lowest BCUT2D eigenvalue weighted by Crippen LogP contribution is -2.21. The molecule has 0 spiro atoms. The molecule has 2 rings (SSSR count). The van der Waals surface area contributed by atoms with Gasteiger partial charge >= 0.3 is 0 Å². The highest BCUT2D eigenvalue weighted by Crippen LogP contribution is 2.23. The molecule has 5 heteroatoms. The smallest absolute Gasteiger partial charge is 0.123 e. The number of hydrogen-bond donors (Lipinski definition) is 2. The van der Waals surface area contributed by atoms with E-state index in [-0.39, 0.29) is 18.5 Å². The molecule has 2 N–H and O–H groups in total. The predicted molar refractivity (Wildman–Crippen MR) is 69.9 cm³/mol. The molecule has 1 aromatic heterocycles. The van der Waals surface area contributed by atoms with Gasteiger partial charge in [-0.15, -0.1) is 0 Å². The molecule has 4 nitrogen and oxygen atoms in total. The summed E-state index contributed by atoms with van der Waals surface area (Å²) in [5.74, 6) is -0.303. The Morgan fingerprint density at radius 3 is 2.42 bits per heavy atom. The first-order valence-electron chi connectivity index (χ1n) is 6.16. The molecule has 0 radical (unpaired) electrons. The molecule has 2 aromatic rings. The van der Waals surface area contributed by atoms with Crippen molar-refractivity contribution in [2.75, 3.05) is 0 Å². The molecule has 1 heterocycles. The molecular weight excluding hydrogens is 247 g/mol. The Morgan fingerprint density at radius 1 is 1.26 bits per heavy atom. The molecular formula is C14H17FN2O2. The summed E-state index contributed by atoms with van der Waals surface area (Å²) in [5.41, 5.74) is 2.04. The molecule has 0 amide bonds. The summed E-state index contributed by atoms with van der Waals surface area (Å²) in [6.07, 6.45) is -0.578.